The van der Waals surface area contributed by atoms with Gasteiger partial charge in [0.15, 0.2) is 0 Å². The number of aryl methyl sites for hydroxylation is 1. The van der Waals surface area contributed by atoms with Gasteiger partial charge in [0.05, 0.1) is 23.9 Å². The Balaban J connectivity index is 1.64. The van der Waals surface area contributed by atoms with Gasteiger partial charge in [0.25, 0.3) is 5.91 Å². The lowest BCUT2D eigenvalue weighted by Gasteiger charge is -2.30. The molecule has 1 aliphatic heterocycles. The summed E-state index contributed by atoms with van der Waals surface area (Å²) in [5, 5.41) is 25.8. The first-order valence-corrected chi connectivity index (χ1v) is 16.9. The lowest BCUT2D eigenvalue weighted by atomic mass is 9.81. The van der Waals surface area contributed by atoms with E-state index in [1.54, 1.807) is 30.4 Å². The number of ether oxygens (including phenoxy) is 1. The number of carbonyl (C=O) groups is 3. The zero-order valence-corrected chi connectivity index (χ0v) is 29.0. The first-order valence-electron chi connectivity index (χ1n) is 16.9. The highest BCUT2D eigenvalue weighted by Crippen LogP contribution is 2.42. The topological polar surface area (TPSA) is 146 Å². The Morgan fingerprint density at radius 2 is 1.94 bits per heavy atom. The highest BCUT2D eigenvalue weighted by atomic mass is 16.5. The predicted octanol–water partition coefficient (Wildman–Crippen LogP) is 5.63. The Morgan fingerprint density at radius 3 is 2.61 bits per heavy atom. The van der Waals surface area contributed by atoms with Crippen LogP contribution in [0.15, 0.2) is 54.7 Å². The lowest BCUT2D eigenvalue weighted by Crippen LogP contribution is -2.54. The van der Waals surface area contributed by atoms with E-state index in [2.05, 4.69) is 34.4 Å². The van der Waals surface area contributed by atoms with Crippen LogP contribution in [-0.2, 0) is 38.5 Å². The van der Waals surface area contributed by atoms with Gasteiger partial charge in [-0.3, -0.25) is 24.4 Å². The van der Waals surface area contributed by atoms with Gasteiger partial charge < -0.3 is 24.8 Å². The number of methoxy groups -OCH3 is 1. The Kier molecular flexibility index (Phi) is 11.0. The molecule has 11 heteroatoms. The molecule has 2 unspecified atom stereocenters. The monoisotopic (exact) mass is 669 g/mol. The molecule has 2 aromatic carbocycles. The van der Waals surface area contributed by atoms with E-state index in [4.69, 9.17) is 9.72 Å². The minimum Gasteiger partial charge on any atom is -0.508 e. The van der Waals surface area contributed by atoms with E-state index in [-0.39, 0.29) is 30.6 Å². The summed E-state index contributed by atoms with van der Waals surface area (Å²) in [6, 6.07) is 14.5. The second-order valence-corrected chi connectivity index (χ2v) is 13.6. The highest BCUT2D eigenvalue weighted by Gasteiger charge is 2.30. The number of hydrazine groups is 1. The van der Waals surface area contributed by atoms with Crippen LogP contribution in [0.1, 0.15) is 69.9 Å². The second-order valence-electron chi connectivity index (χ2n) is 13.6. The number of aromatic hydroxyl groups is 1. The van der Waals surface area contributed by atoms with Crippen LogP contribution in [0.3, 0.4) is 0 Å². The van der Waals surface area contributed by atoms with Gasteiger partial charge in [-0.05, 0) is 97.2 Å². The third-order valence-corrected chi connectivity index (χ3v) is 9.30. The Bertz CT molecular complexity index is 1830. The lowest BCUT2D eigenvalue weighted by molar-refractivity contribution is -0.139. The van der Waals surface area contributed by atoms with Gasteiger partial charge in [0.2, 0.25) is 6.41 Å². The van der Waals surface area contributed by atoms with Crippen molar-refractivity contribution >= 4 is 29.2 Å². The smallest absolute Gasteiger partial charge is 0.303 e. The first-order chi connectivity index (χ1) is 23.5. The van der Waals surface area contributed by atoms with Crippen molar-refractivity contribution in [1.29, 1.82) is 0 Å². The molecule has 5 rings (SSSR count). The van der Waals surface area contributed by atoms with Crippen LogP contribution >= 0.6 is 0 Å². The third-order valence-electron chi connectivity index (χ3n) is 9.30. The molecule has 1 saturated heterocycles. The van der Waals surface area contributed by atoms with E-state index in [0.29, 0.717) is 38.0 Å². The van der Waals surface area contributed by atoms with E-state index in [1.807, 2.05) is 45.0 Å². The van der Waals surface area contributed by atoms with Gasteiger partial charge in [-0.1, -0.05) is 26.0 Å². The number of carboxylic acid groups (broad SMARTS) is 1. The molecule has 1 aliphatic rings. The Hall–Kier alpha value is -4.74. The van der Waals surface area contributed by atoms with E-state index in [0.717, 1.165) is 57.4 Å². The number of phenols is 1. The van der Waals surface area contributed by atoms with Gasteiger partial charge in [0.1, 0.15) is 11.8 Å². The summed E-state index contributed by atoms with van der Waals surface area (Å²) in [5.74, 6) is -1.03. The fourth-order valence-corrected chi connectivity index (χ4v) is 6.98. The van der Waals surface area contributed by atoms with Crippen molar-refractivity contribution in [1.82, 2.24) is 25.3 Å². The number of phenolic OH excluding ortho intramolecular Hbond substituents is 1. The molecule has 1 fully saturated rings. The fourth-order valence-electron chi connectivity index (χ4n) is 6.98. The molecule has 0 bridgehead atoms. The van der Waals surface area contributed by atoms with Crippen molar-refractivity contribution < 1.29 is 29.3 Å². The number of aliphatic carboxylic acids is 1. The van der Waals surface area contributed by atoms with Crippen molar-refractivity contribution in [3.63, 3.8) is 0 Å². The predicted molar refractivity (Wildman–Crippen MR) is 189 cm³/mol. The van der Waals surface area contributed by atoms with Crippen LogP contribution in [-0.4, -0.2) is 69.3 Å². The average Bonchev–Trinajstić information content (AvgIpc) is 3.38. The van der Waals surface area contributed by atoms with Gasteiger partial charge in [-0.2, -0.15) is 0 Å². The van der Waals surface area contributed by atoms with E-state index < -0.39 is 17.4 Å². The minimum absolute atomic E-state index is 0.00310. The Labute approximate surface area is 287 Å². The Morgan fingerprint density at radius 1 is 1.14 bits per heavy atom. The molecular weight excluding hydrogens is 622 g/mol. The minimum atomic E-state index is -0.856. The molecule has 3 heterocycles. The maximum atomic E-state index is 13.3. The first kappa shape index (κ1) is 35.6. The molecule has 4 N–H and O–H groups in total. The molecule has 0 radical (unpaired) electrons. The zero-order chi connectivity index (χ0) is 35.3. The summed E-state index contributed by atoms with van der Waals surface area (Å²) in [6.07, 6.45) is 4.58. The van der Waals surface area contributed by atoms with Crippen LogP contribution in [0.2, 0.25) is 0 Å². The number of hydrogen-bond donors (Lipinski definition) is 4. The zero-order valence-electron chi connectivity index (χ0n) is 29.0. The van der Waals surface area contributed by atoms with Gasteiger partial charge in [-0.15, -0.1) is 0 Å². The number of amides is 2. The van der Waals surface area contributed by atoms with Crippen LogP contribution in [0, 0.1) is 5.41 Å². The molecule has 4 aromatic rings. The van der Waals surface area contributed by atoms with Gasteiger partial charge in [0, 0.05) is 55.8 Å². The van der Waals surface area contributed by atoms with Crippen molar-refractivity contribution in [3.05, 3.63) is 71.5 Å². The molecule has 49 heavy (non-hydrogen) atoms. The molecule has 0 aliphatic carbocycles. The number of aromatic nitrogens is 2. The average molecular weight is 670 g/mol. The number of hydrogen-bond acceptors (Lipinski definition) is 7. The normalized spacial score (nSPS) is 14.8. The number of benzene rings is 2. The molecule has 11 nitrogen and oxygen atoms in total. The SMILES string of the molecule is CCn1c(-c2cccnc2C(C)OC)c(CC(C)(C)CC(=O)O)c2cc(-c3cc(O)cc(CC(NC=O)C(=O)N4CCCCN4)c3)ccc21. The van der Waals surface area contributed by atoms with Crippen LogP contribution in [0.5, 0.6) is 5.75 Å². The molecule has 260 valence electrons. The number of nitrogens with zero attached hydrogens (tertiary/aromatic N) is 3. The van der Waals surface area contributed by atoms with Crippen molar-refractivity contribution in [2.24, 2.45) is 5.41 Å². The molecule has 0 saturated carbocycles. The van der Waals surface area contributed by atoms with Crippen molar-refractivity contribution in [2.75, 3.05) is 20.2 Å². The number of carbonyl (C=O) groups excluding carboxylic acids is 2. The molecular formula is C38H47N5O6. The number of rotatable bonds is 14. The van der Waals surface area contributed by atoms with Crippen molar-refractivity contribution in [2.45, 2.75) is 78.5 Å². The summed E-state index contributed by atoms with van der Waals surface area (Å²) < 4.78 is 7.95. The molecule has 2 atom stereocenters. The van der Waals surface area contributed by atoms with E-state index in [9.17, 15) is 24.6 Å². The van der Waals surface area contributed by atoms with E-state index >= 15 is 0 Å². The summed E-state index contributed by atoms with van der Waals surface area (Å²) in [6.45, 7) is 9.92. The maximum Gasteiger partial charge on any atom is 0.303 e. The quantitative estimate of drug-likeness (QED) is 0.126. The van der Waals surface area contributed by atoms with Crippen LogP contribution in [0.25, 0.3) is 33.3 Å². The summed E-state index contributed by atoms with van der Waals surface area (Å²) in [4.78, 5) is 41.4. The number of fused-ring (bicyclic) bond motifs is 1. The third kappa shape index (κ3) is 7.95. The highest BCUT2D eigenvalue weighted by molar-refractivity contribution is 5.95. The largest absolute Gasteiger partial charge is 0.508 e. The number of pyridine rings is 1. The molecule has 0 spiro atoms. The summed E-state index contributed by atoms with van der Waals surface area (Å²) in [7, 11) is 1.66. The number of carboxylic acids is 1. The van der Waals surface area contributed by atoms with Gasteiger partial charge >= 0.3 is 5.97 Å². The van der Waals surface area contributed by atoms with Crippen LogP contribution in [0.4, 0.5) is 0 Å². The maximum absolute atomic E-state index is 13.3. The van der Waals surface area contributed by atoms with E-state index in [1.165, 1.54) is 0 Å². The fraction of sp³-hybridized carbons (Fsp3) is 0.421. The molecule has 2 aromatic heterocycles. The number of nitrogens with one attached hydrogen (secondary N) is 2. The van der Waals surface area contributed by atoms with Crippen molar-refractivity contribution in [3.8, 4) is 28.1 Å². The molecule has 2 amide bonds. The summed E-state index contributed by atoms with van der Waals surface area (Å²) in [5.41, 5.74) is 9.56. The summed E-state index contributed by atoms with van der Waals surface area (Å²) >= 11 is 0. The standard InChI is InChI=1S/C38H47N5O6/c1-6-42-33-12-11-26(27-16-25(17-28(45)19-27)18-32(40-23-44)37(48)43-15-8-7-14-41-43)20-30(33)31(21-38(3,4)22-34(46)47)36(42)29-10-9-13-39-35(29)24(2)49-5/h9-13,16-17,19-20,23-24,32,41,45H,6-8,14-15,18,21-22H2,1-5H3,(H,40,44)(H,46,47). The van der Waals surface area contributed by atoms with Gasteiger partial charge in [-0.25, -0.2) is 5.43 Å². The van der Waals surface area contributed by atoms with Crippen LogP contribution < -0.4 is 10.7 Å². The second kappa shape index (κ2) is 15.2.